The van der Waals surface area contributed by atoms with Gasteiger partial charge >= 0.3 is 6.03 Å². The third-order valence-corrected chi connectivity index (χ3v) is 5.44. The number of imide groups is 1. The van der Waals surface area contributed by atoms with Crippen LogP contribution >= 0.6 is 11.8 Å². The van der Waals surface area contributed by atoms with E-state index < -0.39 is 17.2 Å². The van der Waals surface area contributed by atoms with Gasteiger partial charge in [0.05, 0.1) is 22.5 Å². The van der Waals surface area contributed by atoms with E-state index in [0.29, 0.717) is 27.4 Å². The molecule has 0 radical (unpaired) electrons. The van der Waals surface area contributed by atoms with Gasteiger partial charge < -0.3 is 5.32 Å². The van der Waals surface area contributed by atoms with E-state index >= 15 is 0 Å². The number of nitrogens with one attached hydrogen (secondary N) is 2. The van der Waals surface area contributed by atoms with Gasteiger partial charge in [-0.2, -0.15) is 5.10 Å². The maximum atomic E-state index is 13.2. The monoisotopic (exact) mass is 436 g/mol. The fraction of sp³-hybridized carbons (Fsp3) is 0.0952. The van der Waals surface area contributed by atoms with Crippen molar-refractivity contribution >= 4 is 40.4 Å². The topological polar surface area (TPSA) is 102 Å². The molecule has 2 aromatic carbocycles. The van der Waals surface area contributed by atoms with Crippen LogP contribution in [0.15, 0.2) is 72.1 Å². The molecule has 4 rings (SSSR count). The van der Waals surface area contributed by atoms with Crippen molar-refractivity contribution in [2.75, 3.05) is 5.32 Å². The lowest BCUT2D eigenvalue weighted by Crippen LogP contribution is -2.38. The number of para-hydroxylation sites is 1. The predicted octanol–water partition coefficient (Wildman–Crippen LogP) is 3.78. The molecule has 0 saturated carbocycles. The lowest BCUT2D eigenvalue weighted by atomic mass is 10.3. The van der Waals surface area contributed by atoms with Crippen LogP contribution in [0.2, 0.25) is 0 Å². The molecule has 156 valence electrons. The summed E-state index contributed by atoms with van der Waals surface area (Å²) in [5, 5.41) is 9.83. The van der Waals surface area contributed by atoms with Crippen LogP contribution in [0.3, 0.4) is 0 Å². The first-order chi connectivity index (χ1) is 15.0. The van der Waals surface area contributed by atoms with E-state index in [-0.39, 0.29) is 5.82 Å². The molecule has 0 bridgehead atoms. The molecular weight excluding hydrogens is 419 g/mol. The van der Waals surface area contributed by atoms with E-state index in [1.54, 1.807) is 54.2 Å². The van der Waals surface area contributed by atoms with E-state index in [1.165, 1.54) is 30.2 Å². The summed E-state index contributed by atoms with van der Waals surface area (Å²) in [5.41, 5.74) is 1.76. The zero-order valence-electron chi connectivity index (χ0n) is 16.3. The quantitative estimate of drug-likeness (QED) is 0.365. The minimum Gasteiger partial charge on any atom is -0.308 e. The van der Waals surface area contributed by atoms with Crippen molar-refractivity contribution < 1.29 is 14.0 Å². The second-order valence-corrected chi connectivity index (χ2v) is 7.85. The standard InChI is InChI=1S/C21H17FN6O2S/c1-13(19(29)27-21(30)26-15-5-3-2-4-6-15)31-20-17-11-25-28(18(17)23-12-24-20)16-9-7-14(22)8-10-16/h2-13H,1H3,(H2,26,27,29,30). The van der Waals surface area contributed by atoms with Crippen molar-refractivity contribution in [1.29, 1.82) is 0 Å². The van der Waals surface area contributed by atoms with Gasteiger partial charge in [0, 0.05) is 5.69 Å². The van der Waals surface area contributed by atoms with Crippen molar-refractivity contribution in [1.82, 2.24) is 25.1 Å². The molecule has 0 fully saturated rings. The minimum atomic E-state index is -0.611. The SMILES string of the molecule is CC(Sc1ncnc2c1cnn2-c1ccc(F)cc1)C(=O)NC(=O)Nc1ccccc1. The first-order valence-corrected chi connectivity index (χ1v) is 10.2. The number of hydrogen-bond donors (Lipinski definition) is 2. The van der Waals surface area contributed by atoms with Crippen LogP contribution in [0.5, 0.6) is 0 Å². The predicted molar refractivity (Wildman–Crippen MR) is 116 cm³/mol. The number of thioether (sulfide) groups is 1. The van der Waals surface area contributed by atoms with Crippen molar-refractivity contribution in [2.45, 2.75) is 17.2 Å². The number of aromatic nitrogens is 4. The van der Waals surface area contributed by atoms with E-state index in [0.717, 1.165) is 0 Å². The van der Waals surface area contributed by atoms with Gasteiger partial charge in [-0.25, -0.2) is 23.8 Å². The summed E-state index contributed by atoms with van der Waals surface area (Å²) < 4.78 is 14.8. The van der Waals surface area contributed by atoms with Crippen LogP contribution in [0.1, 0.15) is 6.92 Å². The number of fused-ring (bicyclic) bond motifs is 1. The second kappa shape index (κ2) is 8.92. The molecule has 8 nitrogen and oxygen atoms in total. The number of nitrogens with zero attached hydrogens (tertiary/aromatic N) is 4. The Hall–Kier alpha value is -3.79. The average Bonchev–Trinajstić information content (AvgIpc) is 3.20. The number of carbonyl (C=O) groups is 2. The Morgan fingerprint density at radius 1 is 1.06 bits per heavy atom. The Bertz CT molecular complexity index is 1230. The van der Waals surface area contributed by atoms with Crippen LogP contribution in [-0.2, 0) is 4.79 Å². The summed E-state index contributed by atoms with van der Waals surface area (Å²) in [6.45, 7) is 1.67. The minimum absolute atomic E-state index is 0.345. The van der Waals surface area contributed by atoms with Crippen LogP contribution in [0.25, 0.3) is 16.7 Å². The van der Waals surface area contributed by atoms with Crippen LogP contribution in [0.4, 0.5) is 14.9 Å². The highest BCUT2D eigenvalue weighted by atomic mass is 32.2. The largest absolute Gasteiger partial charge is 0.325 e. The molecule has 1 atom stereocenters. The highest BCUT2D eigenvalue weighted by molar-refractivity contribution is 8.00. The Balaban J connectivity index is 1.47. The number of urea groups is 1. The summed E-state index contributed by atoms with van der Waals surface area (Å²) in [5.74, 6) is -0.807. The second-order valence-electron chi connectivity index (χ2n) is 6.52. The molecular formula is C21H17FN6O2S. The number of rotatable bonds is 5. The van der Waals surface area contributed by atoms with Crippen LogP contribution < -0.4 is 10.6 Å². The normalized spacial score (nSPS) is 11.8. The molecule has 0 aliphatic carbocycles. The molecule has 1 unspecified atom stereocenters. The zero-order valence-corrected chi connectivity index (χ0v) is 17.1. The molecule has 0 spiro atoms. The van der Waals surface area contributed by atoms with Gasteiger partial charge in [0.25, 0.3) is 0 Å². The van der Waals surface area contributed by atoms with Crippen molar-refractivity contribution in [3.8, 4) is 5.69 Å². The maximum Gasteiger partial charge on any atom is 0.325 e. The number of hydrogen-bond acceptors (Lipinski definition) is 6. The van der Waals surface area contributed by atoms with E-state index in [2.05, 4.69) is 25.7 Å². The lowest BCUT2D eigenvalue weighted by molar-refractivity contribution is -0.119. The van der Waals surface area contributed by atoms with Gasteiger partial charge in [-0.15, -0.1) is 0 Å². The Morgan fingerprint density at radius 2 is 1.81 bits per heavy atom. The summed E-state index contributed by atoms with van der Waals surface area (Å²) in [4.78, 5) is 33.0. The smallest absolute Gasteiger partial charge is 0.308 e. The molecule has 0 saturated heterocycles. The summed E-state index contributed by atoms with van der Waals surface area (Å²) in [7, 11) is 0. The number of carbonyl (C=O) groups excluding carboxylic acids is 2. The van der Waals surface area contributed by atoms with Crippen molar-refractivity contribution in [3.05, 3.63) is 72.9 Å². The Kier molecular flexibility index (Phi) is 5.89. The Morgan fingerprint density at radius 3 is 2.55 bits per heavy atom. The van der Waals surface area contributed by atoms with Crippen molar-refractivity contribution in [2.24, 2.45) is 0 Å². The Labute approximate surface area is 180 Å². The fourth-order valence-electron chi connectivity index (χ4n) is 2.81. The molecule has 4 aromatic rings. The zero-order chi connectivity index (χ0) is 21.8. The molecule has 3 amide bonds. The van der Waals surface area contributed by atoms with Gasteiger partial charge in [0.15, 0.2) is 5.65 Å². The average molecular weight is 436 g/mol. The van der Waals surface area contributed by atoms with E-state index in [9.17, 15) is 14.0 Å². The van der Waals surface area contributed by atoms with E-state index in [4.69, 9.17) is 0 Å². The number of anilines is 1. The summed E-state index contributed by atoms with van der Waals surface area (Å²) >= 11 is 1.18. The van der Waals surface area contributed by atoms with Gasteiger partial charge in [-0.1, -0.05) is 30.0 Å². The lowest BCUT2D eigenvalue weighted by Gasteiger charge is -2.12. The molecule has 31 heavy (non-hydrogen) atoms. The first-order valence-electron chi connectivity index (χ1n) is 9.29. The molecule has 10 heteroatoms. The molecule has 2 heterocycles. The van der Waals surface area contributed by atoms with Gasteiger partial charge in [0.1, 0.15) is 17.2 Å². The molecule has 2 aromatic heterocycles. The molecule has 0 aliphatic heterocycles. The number of halogens is 1. The summed E-state index contributed by atoms with van der Waals surface area (Å²) in [6.07, 6.45) is 2.97. The van der Waals surface area contributed by atoms with Crippen LogP contribution in [0, 0.1) is 5.82 Å². The summed E-state index contributed by atoms with van der Waals surface area (Å²) in [6, 6.07) is 14.1. The highest BCUT2D eigenvalue weighted by Gasteiger charge is 2.20. The van der Waals surface area contributed by atoms with Crippen molar-refractivity contribution in [3.63, 3.8) is 0 Å². The number of benzene rings is 2. The van der Waals surface area contributed by atoms with Crippen LogP contribution in [-0.4, -0.2) is 36.9 Å². The molecule has 0 aliphatic rings. The number of amides is 3. The first kappa shape index (κ1) is 20.5. The third-order valence-electron chi connectivity index (χ3n) is 4.33. The van der Waals surface area contributed by atoms with E-state index in [1.807, 2.05) is 6.07 Å². The van der Waals surface area contributed by atoms with Gasteiger partial charge in [0.2, 0.25) is 5.91 Å². The fourth-order valence-corrected chi connectivity index (χ4v) is 3.69. The maximum absolute atomic E-state index is 13.2. The highest BCUT2D eigenvalue weighted by Crippen LogP contribution is 2.29. The van der Waals surface area contributed by atoms with Gasteiger partial charge in [-0.3, -0.25) is 10.1 Å². The van der Waals surface area contributed by atoms with Gasteiger partial charge in [-0.05, 0) is 43.3 Å². The third kappa shape index (κ3) is 4.69. The molecule has 2 N–H and O–H groups in total.